The summed E-state index contributed by atoms with van der Waals surface area (Å²) >= 11 is 0. The molecule has 0 saturated carbocycles. The molecular formula is C21H26N4O3. The number of likely N-dealkylation sites (tertiary alicyclic amines) is 1. The molecular weight excluding hydrogens is 356 g/mol. The second kappa shape index (κ2) is 9.41. The van der Waals surface area contributed by atoms with Crippen LogP contribution in [0.15, 0.2) is 36.5 Å². The fourth-order valence-corrected chi connectivity index (χ4v) is 3.45. The van der Waals surface area contributed by atoms with Gasteiger partial charge in [-0.3, -0.25) is 9.59 Å². The molecule has 1 saturated heterocycles. The molecule has 1 atom stereocenters. The van der Waals surface area contributed by atoms with Crippen molar-refractivity contribution in [3.8, 4) is 0 Å². The van der Waals surface area contributed by atoms with Gasteiger partial charge in [0.05, 0.1) is 17.3 Å². The minimum atomic E-state index is -0.205. The number of rotatable bonds is 6. The molecule has 7 heteroatoms. The first kappa shape index (κ1) is 19.9. The van der Waals surface area contributed by atoms with Crippen molar-refractivity contribution in [3.63, 3.8) is 0 Å². The Hall–Kier alpha value is -2.80. The topological polar surface area (TPSA) is 84.4 Å². The summed E-state index contributed by atoms with van der Waals surface area (Å²) in [5.74, 6) is 0.322. The van der Waals surface area contributed by atoms with Gasteiger partial charge in [0.2, 0.25) is 5.91 Å². The zero-order valence-electron chi connectivity index (χ0n) is 16.4. The van der Waals surface area contributed by atoms with Gasteiger partial charge in [0.15, 0.2) is 5.82 Å². The van der Waals surface area contributed by atoms with Crippen molar-refractivity contribution in [2.24, 2.45) is 0 Å². The lowest BCUT2D eigenvalue weighted by molar-refractivity contribution is -0.139. The van der Waals surface area contributed by atoms with E-state index in [1.165, 1.54) is 7.11 Å². The van der Waals surface area contributed by atoms with Crippen molar-refractivity contribution in [2.45, 2.75) is 38.8 Å². The maximum atomic E-state index is 12.5. The predicted molar refractivity (Wildman–Crippen MR) is 105 cm³/mol. The third-order valence-electron chi connectivity index (χ3n) is 4.93. The highest BCUT2D eigenvalue weighted by atomic mass is 16.5. The van der Waals surface area contributed by atoms with Gasteiger partial charge >= 0.3 is 0 Å². The summed E-state index contributed by atoms with van der Waals surface area (Å²) in [6.07, 6.45) is 4.36. The van der Waals surface area contributed by atoms with Crippen molar-refractivity contribution in [2.75, 3.05) is 20.3 Å². The van der Waals surface area contributed by atoms with Crippen LogP contribution in [0.4, 0.5) is 0 Å². The van der Waals surface area contributed by atoms with Crippen molar-refractivity contribution < 1.29 is 14.3 Å². The zero-order valence-corrected chi connectivity index (χ0v) is 16.4. The molecule has 0 spiro atoms. The Morgan fingerprint density at radius 3 is 2.75 bits per heavy atom. The number of aromatic nitrogens is 2. The smallest absolute Gasteiger partial charge is 0.254 e. The van der Waals surface area contributed by atoms with Gasteiger partial charge in [-0.15, -0.1) is 0 Å². The van der Waals surface area contributed by atoms with E-state index in [1.54, 1.807) is 18.0 Å². The molecule has 2 aromatic rings. The number of methoxy groups -OCH3 is 1. The molecule has 3 rings (SSSR count). The molecule has 1 fully saturated rings. The molecule has 28 heavy (non-hydrogen) atoms. The lowest BCUT2D eigenvalue weighted by Crippen LogP contribution is -2.41. The van der Waals surface area contributed by atoms with E-state index in [0.717, 1.165) is 24.8 Å². The summed E-state index contributed by atoms with van der Waals surface area (Å²) in [4.78, 5) is 35.6. The molecule has 1 aromatic heterocycles. The maximum absolute atomic E-state index is 12.5. The summed E-state index contributed by atoms with van der Waals surface area (Å²) < 4.78 is 4.99. The molecule has 7 nitrogen and oxygen atoms in total. The highest BCUT2D eigenvalue weighted by Gasteiger charge is 2.30. The molecule has 0 aliphatic carbocycles. The van der Waals surface area contributed by atoms with E-state index in [2.05, 4.69) is 15.3 Å². The Bertz CT molecular complexity index is 826. The Morgan fingerprint density at radius 2 is 2.04 bits per heavy atom. The van der Waals surface area contributed by atoms with Crippen LogP contribution in [0.3, 0.4) is 0 Å². The number of benzene rings is 1. The van der Waals surface area contributed by atoms with E-state index in [-0.39, 0.29) is 24.5 Å². The van der Waals surface area contributed by atoms with Gasteiger partial charge in [-0.1, -0.05) is 30.3 Å². The molecule has 148 valence electrons. The van der Waals surface area contributed by atoms with Crippen molar-refractivity contribution in [1.29, 1.82) is 0 Å². The highest BCUT2D eigenvalue weighted by molar-refractivity contribution is 5.94. The SMILES string of the molecule is COCC(=O)N1CCCC[C@@H]1c1ncc(C(=O)NCc2ccccc2)c(C)n1. The minimum absolute atomic E-state index is 0.0510. The highest BCUT2D eigenvalue weighted by Crippen LogP contribution is 2.29. The Labute approximate surface area is 165 Å². The number of nitrogens with zero attached hydrogens (tertiary/aromatic N) is 3. The van der Waals surface area contributed by atoms with Crippen molar-refractivity contribution >= 4 is 11.8 Å². The number of aryl methyl sites for hydroxylation is 1. The lowest BCUT2D eigenvalue weighted by Gasteiger charge is -2.34. The molecule has 1 N–H and O–H groups in total. The van der Waals surface area contributed by atoms with Gasteiger partial charge in [0.1, 0.15) is 6.61 Å². The number of amides is 2. The van der Waals surface area contributed by atoms with E-state index in [9.17, 15) is 9.59 Å². The molecule has 0 radical (unpaired) electrons. The van der Waals surface area contributed by atoms with Gasteiger partial charge in [0, 0.05) is 26.4 Å². The second-order valence-electron chi connectivity index (χ2n) is 6.93. The quantitative estimate of drug-likeness (QED) is 0.829. The number of nitrogens with one attached hydrogen (secondary N) is 1. The van der Waals surface area contributed by atoms with E-state index < -0.39 is 0 Å². The first-order chi connectivity index (χ1) is 13.6. The van der Waals surface area contributed by atoms with Gasteiger partial charge in [-0.25, -0.2) is 9.97 Å². The van der Waals surface area contributed by atoms with Crippen LogP contribution >= 0.6 is 0 Å². The Balaban J connectivity index is 1.72. The third kappa shape index (κ3) is 4.72. The van der Waals surface area contributed by atoms with Crippen LogP contribution in [0.5, 0.6) is 0 Å². The van der Waals surface area contributed by atoms with Crippen LogP contribution in [0.1, 0.15) is 52.7 Å². The molecule has 2 amide bonds. The summed E-state index contributed by atoms with van der Waals surface area (Å²) in [5, 5.41) is 2.90. The molecule has 1 aliphatic rings. The standard InChI is InChI=1S/C21H26N4O3/c1-15-17(21(27)23-12-16-8-4-3-5-9-16)13-22-20(24-15)18-10-6-7-11-25(18)19(26)14-28-2/h3-5,8-9,13,18H,6-7,10-12,14H2,1-2H3,(H,23,27)/t18-/m1/s1. The third-order valence-corrected chi connectivity index (χ3v) is 4.93. The fraction of sp³-hybridized carbons (Fsp3) is 0.429. The average molecular weight is 382 g/mol. The predicted octanol–water partition coefficient (Wildman–Crippen LogP) is 2.42. The average Bonchev–Trinajstić information content (AvgIpc) is 2.73. The van der Waals surface area contributed by atoms with Crippen LogP contribution in [-0.4, -0.2) is 46.9 Å². The van der Waals surface area contributed by atoms with Crippen LogP contribution < -0.4 is 5.32 Å². The van der Waals surface area contributed by atoms with E-state index in [1.807, 2.05) is 30.3 Å². The Kier molecular flexibility index (Phi) is 6.71. The number of hydrogen-bond donors (Lipinski definition) is 1. The first-order valence-corrected chi connectivity index (χ1v) is 9.54. The van der Waals surface area contributed by atoms with Crippen LogP contribution in [0.2, 0.25) is 0 Å². The molecule has 1 aliphatic heterocycles. The molecule has 0 unspecified atom stereocenters. The summed E-state index contributed by atoms with van der Waals surface area (Å²) in [6, 6.07) is 9.56. The fourth-order valence-electron chi connectivity index (χ4n) is 3.45. The van der Waals surface area contributed by atoms with Crippen LogP contribution in [-0.2, 0) is 16.1 Å². The van der Waals surface area contributed by atoms with Crippen molar-refractivity contribution in [1.82, 2.24) is 20.2 Å². The minimum Gasteiger partial charge on any atom is -0.375 e. The molecule has 1 aromatic carbocycles. The van der Waals surface area contributed by atoms with Crippen molar-refractivity contribution in [3.05, 3.63) is 59.2 Å². The van der Waals surface area contributed by atoms with Gasteiger partial charge in [-0.2, -0.15) is 0 Å². The lowest BCUT2D eigenvalue weighted by atomic mass is 10.0. The van der Waals surface area contributed by atoms with Gasteiger partial charge < -0.3 is 15.0 Å². The van der Waals surface area contributed by atoms with Gasteiger partial charge in [0.25, 0.3) is 5.91 Å². The monoisotopic (exact) mass is 382 g/mol. The van der Waals surface area contributed by atoms with E-state index in [0.29, 0.717) is 30.2 Å². The Morgan fingerprint density at radius 1 is 1.25 bits per heavy atom. The zero-order chi connectivity index (χ0) is 19.9. The largest absolute Gasteiger partial charge is 0.375 e. The number of ether oxygens (including phenoxy) is 1. The molecule has 0 bridgehead atoms. The number of piperidine rings is 1. The van der Waals surface area contributed by atoms with E-state index in [4.69, 9.17) is 4.74 Å². The normalized spacial score (nSPS) is 16.6. The summed E-state index contributed by atoms with van der Waals surface area (Å²) in [6.45, 7) is 2.97. The van der Waals surface area contributed by atoms with Gasteiger partial charge in [-0.05, 0) is 31.7 Å². The first-order valence-electron chi connectivity index (χ1n) is 9.54. The van der Waals surface area contributed by atoms with Crippen LogP contribution in [0.25, 0.3) is 0 Å². The second-order valence-corrected chi connectivity index (χ2v) is 6.93. The number of carbonyl (C=O) groups excluding carboxylic acids is 2. The van der Waals surface area contributed by atoms with E-state index >= 15 is 0 Å². The summed E-state index contributed by atoms with van der Waals surface area (Å²) in [7, 11) is 1.51. The summed E-state index contributed by atoms with van der Waals surface area (Å²) in [5.41, 5.74) is 2.09. The number of hydrogen-bond acceptors (Lipinski definition) is 5. The molecule has 2 heterocycles. The van der Waals surface area contributed by atoms with Crippen LogP contribution in [0, 0.1) is 6.92 Å². The number of carbonyl (C=O) groups is 2. The maximum Gasteiger partial charge on any atom is 0.254 e.